The van der Waals surface area contributed by atoms with Crippen molar-refractivity contribution in [2.75, 3.05) is 31.1 Å². The van der Waals surface area contributed by atoms with Crippen molar-refractivity contribution in [3.63, 3.8) is 0 Å². The van der Waals surface area contributed by atoms with Crippen molar-refractivity contribution >= 4 is 29.4 Å². The van der Waals surface area contributed by atoms with Gasteiger partial charge in [-0.05, 0) is 38.1 Å². The fourth-order valence-electron chi connectivity index (χ4n) is 2.21. The smallest absolute Gasteiger partial charge is 0.308 e. The molecule has 3 amide bonds. The second-order valence-electron chi connectivity index (χ2n) is 5.62. The molecule has 9 nitrogen and oxygen atoms in total. The quantitative estimate of drug-likeness (QED) is 0.422. The maximum Gasteiger partial charge on any atom is 0.308 e. The number of esters is 1. The first-order chi connectivity index (χ1) is 12.9. The summed E-state index contributed by atoms with van der Waals surface area (Å²) in [4.78, 5) is 47.8. The van der Waals surface area contributed by atoms with E-state index >= 15 is 0 Å². The van der Waals surface area contributed by atoms with Crippen LogP contribution >= 0.6 is 0 Å². The fourth-order valence-corrected chi connectivity index (χ4v) is 2.21. The minimum atomic E-state index is -0.670. The maximum atomic E-state index is 12.0. The Balaban J connectivity index is 2.35. The molecule has 27 heavy (non-hydrogen) atoms. The molecule has 0 bridgehead atoms. The number of amides is 3. The Morgan fingerprint density at radius 3 is 2.19 bits per heavy atom. The van der Waals surface area contributed by atoms with Gasteiger partial charge in [-0.1, -0.05) is 0 Å². The number of benzene rings is 1. The van der Waals surface area contributed by atoms with Crippen molar-refractivity contribution in [2.45, 2.75) is 27.2 Å². The molecular weight excluding hydrogens is 352 g/mol. The van der Waals surface area contributed by atoms with Crippen molar-refractivity contribution in [3.05, 3.63) is 29.8 Å². The summed E-state index contributed by atoms with van der Waals surface area (Å²) in [6, 6.07) is 7.00. The number of hydrogen-bond acceptors (Lipinski definition) is 6. The summed E-state index contributed by atoms with van der Waals surface area (Å²) < 4.78 is 4.73. The van der Waals surface area contributed by atoms with Gasteiger partial charge in [-0.2, -0.15) is 0 Å². The summed E-state index contributed by atoms with van der Waals surface area (Å²) in [7, 11) is 0. The van der Waals surface area contributed by atoms with Gasteiger partial charge in [0.25, 0.3) is 11.8 Å². The molecule has 1 aromatic carbocycles. The van der Waals surface area contributed by atoms with Crippen LogP contribution in [0.4, 0.5) is 5.69 Å². The van der Waals surface area contributed by atoms with E-state index in [1.807, 2.05) is 26.0 Å². The van der Waals surface area contributed by atoms with Gasteiger partial charge in [-0.3, -0.25) is 30.0 Å². The maximum absolute atomic E-state index is 12.0. The third kappa shape index (κ3) is 8.21. The number of nitrogens with one attached hydrogen (secondary N) is 3. The Morgan fingerprint density at radius 2 is 1.63 bits per heavy atom. The monoisotopic (exact) mass is 378 g/mol. The summed E-state index contributed by atoms with van der Waals surface area (Å²) in [6.07, 6.45) is -0.0435. The summed E-state index contributed by atoms with van der Waals surface area (Å²) >= 11 is 0. The van der Waals surface area contributed by atoms with Crippen molar-refractivity contribution in [3.8, 4) is 0 Å². The molecule has 0 saturated carbocycles. The van der Waals surface area contributed by atoms with Crippen LogP contribution in [0.2, 0.25) is 0 Å². The van der Waals surface area contributed by atoms with Crippen LogP contribution in [0.25, 0.3) is 0 Å². The Labute approximate surface area is 158 Å². The summed E-state index contributed by atoms with van der Waals surface area (Å²) in [5.41, 5.74) is 5.83. The van der Waals surface area contributed by atoms with Crippen LogP contribution in [0.3, 0.4) is 0 Å². The SMILES string of the molecule is CCN(CC)c1ccc(C(=O)NNC(=O)COC(=O)CCNC(C)=O)cc1. The molecule has 0 fully saturated rings. The highest BCUT2D eigenvalue weighted by Crippen LogP contribution is 2.14. The molecule has 0 radical (unpaired) electrons. The molecule has 1 aromatic rings. The zero-order chi connectivity index (χ0) is 20.2. The highest BCUT2D eigenvalue weighted by molar-refractivity contribution is 5.95. The molecule has 0 aliphatic carbocycles. The minimum absolute atomic E-state index is 0.0435. The first-order valence-corrected chi connectivity index (χ1v) is 8.71. The molecule has 0 heterocycles. The van der Waals surface area contributed by atoms with Gasteiger partial charge in [0.1, 0.15) is 0 Å². The number of anilines is 1. The Hall–Kier alpha value is -3.10. The number of rotatable bonds is 9. The van der Waals surface area contributed by atoms with E-state index in [0.717, 1.165) is 18.8 Å². The first-order valence-electron chi connectivity index (χ1n) is 8.71. The Kier molecular flexibility index (Phi) is 9.35. The van der Waals surface area contributed by atoms with E-state index in [-0.39, 0.29) is 18.9 Å². The normalized spacial score (nSPS) is 9.89. The van der Waals surface area contributed by atoms with Crippen molar-refractivity contribution in [1.82, 2.24) is 16.2 Å². The van der Waals surface area contributed by atoms with Crippen LogP contribution in [0, 0.1) is 0 Å². The van der Waals surface area contributed by atoms with E-state index in [9.17, 15) is 19.2 Å². The Bertz CT molecular complexity index is 656. The van der Waals surface area contributed by atoms with Crippen LogP contribution in [0.5, 0.6) is 0 Å². The van der Waals surface area contributed by atoms with E-state index in [1.54, 1.807) is 12.1 Å². The molecule has 9 heteroatoms. The van der Waals surface area contributed by atoms with Crippen LogP contribution in [-0.2, 0) is 19.1 Å². The highest BCUT2D eigenvalue weighted by atomic mass is 16.5. The van der Waals surface area contributed by atoms with E-state index in [1.165, 1.54) is 6.92 Å². The number of carbonyl (C=O) groups is 4. The third-order valence-electron chi connectivity index (χ3n) is 3.64. The third-order valence-corrected chi connectivity index (χ3v) is 3.64. The largest absolute Gasteiger partial charge is 0.455 e. The lowest BCUT2D eigenvalue weighted by molar-refractivity contribution is -0.148. The second kappa shape index (κ2) is 11.5. The van der Waals surface area contributed by atoms with Crippen LogP contribution in [0.15, 0.2) is 24.3 Å². The van der Waals surface area contributed by atoms with Crippen LogP contribution in [0.1, 0.15) is 37.6 Å². The topological polar surface area (TPSA) is 117 Å². The summed E-state index contributed by atoms with van der Waals surface area (Å²) in [5, 5.41) is 2.44. The average molecular weight is 378 g/mol. The number of carbonyl (C=O) groups excluding carboxylic acids is 4. The molecule has 0 unspecified atom stereocenters. The van der Waals surface area contributed by atoms with Gasteiger partial charge in [-0.15, -0.1) is 0 Å². The van der Waals surface area contributed by atoms with Crippen LogP contribution in [-0.4, -0.2) is 49.9 Å². The van der Waals surface area contributed by atoms with Gasteiger partial charge in [0, 0.05) is 37.8 Å². The highest BCUT2D eigenvalue weighted by Gasteiger charge is 2.11. The number of hydrazine groups is 1. The predicted molar refractivity (Wildman–Crippen MR) is 99.9 cm³/mol. The zero-order valence-corrected chi connectivity index (χ0v) is 15.8. The predicted octanol–water partition coefficient (Wildman–Crippen LogP) is 0.363. The van der Waals surface area contributed by atoms with Crippen molar-refractivity contribution in [1.29, 1.82) is 0 Å². The van der Waals surface area contributed by atoms with E-state index in [2.05, 4.69) is 21.1 Å². The lowest BCUT2D eigenvalue weighted by Gasteiger charge is -2.21. The molecule has 0 aromatic heterocycles. The van der Waals surface area contributed by atoms with Gasteiger partial charge >= 0.3 is 5.97 Å². The molecule has 0 atom stereocenters. The van der Waals surface area contributed by atoms with Gasteiger partial charge in [0.15, 0.2) is 6.61 Å². The molecule has 3 N–H and O–H groups in total. The molecule has 0 spiro atoms. The van der Waals surface area contributed by atoms with Gasteiger partial charge < -0.3 is 15.0 Å². The summed E-state index contributed by atoms with van der Waals surface area (Å²) in [5.74, 6) is -2.03. The average Bonchev–Trinajstić information content (AvgIpc) is 2.65. The standard InChI is InChI=1S/C18H26N4O5/c1-4-22(5-2)15-8-6-14(7-9-15)18(26)21-20-16(24)12-27-17(25)10-11-19-13(3)23/h6-9H,4-5,10-12H2,1-3H3,(H,19,23)(H,20,24)(H,21,26). The molecule has 0 aliphatic rings. The lowest BCUT2D eigenvalue weighted by atomic mass is 10.2. The van der Waals surface area contributed by atoms with Gasteiger partial charge in [-0.25, -0.2) is 0 Å². The van der Waals surface area contributed by atoms with E-state index in [0.29, 0.717) is 5.56 Å². The number of nitrogens with zero attached hydrogens (tertiary/aromatic N) is 1. The minimum Gasteiger partial charge on any atom is -0.455 e. The van der Waals surface area contributed by atoms with E-state index < -0.39 is 24.4 Å². The molecule has 148 valence electrons. The summed E-state index contributed by atoms with van der Waals surface area (Å²) in [6.45, 7) is 6.76. The number of ether oxygens (including phenoxy) is 1. The Morgan fingerprint density at radius 1 is 1.00 bits per heavy atom. The second-order valence-corrected chi connectivity index (χ2v) is 5.62. The lowest BCUT2D eigenvalue weighted by Crippen LogP contribution is -2.43. The molecule has 1 rings (SSSR count). The van der Waals surface area contributed by atoms with Gasteiger partial charge in [0.2, 0.25) is 5.91 Å². The van der Waals surface area contributed by atoms with Crippen molar-refractivity contribution in [2.24, 2.45) is 0 Å². The van der Waals surface area contributed by atoms with Gasteiger partial charge in [0.05, 0.1) is 6.42 Å². The van der Waals surface area contributed by atoms with E-state index in [4.69, 9.17) is 4.74 Å². The number of hydrogen-bond donors (Lipinski definition) is 3. The van der Waals surface area contributed by atoms with Crippen molar-refractivity contribution < 1.29 is 23.9 Å². The molecule has 0 aliphatic heterocycles. The molecule has 0 saturated heterocycles. The molecular formula is C18H26N4O5. The fraction of sp³-hybridized carbons (Fsp3) is 0.444. The van der Waals surface area contributed by atoms with Crippen LogP contribution < -0.4 is 21.1 Å². The zero-order valence-electron chi connectivity index (χ0n) is 15.8. The first kappa shape index (κ1) is 21.9.